The first-order valence-electron chi connectivity index (χ1n) is 5.86. The van der Waals surface area contributed by atoms with Crippen LogP contribution in [0.25, 0.3) is 0 Å². The molecule has 1 heteroatoms. The number of allylic oxidation sites excluding steroid dienone is 1. The lowest BCUT2D eigenvalue weighted by molar-refractivity contribution is 0.493. The van der Waals surface area contributed by atoms with Gasteiger partial charge in [0.1, 0.15) is 0 Å². The summed E-state index contributed by atoms with van der Waals surface area (Å²) in [6.07, 6.45) is 8.65. The molecule has 0 amide bonds. The number of nitrogens with one attached hydrogen (secondary N) is 1. The van der Waals surface area contributed by atoms with E-state index in [1.165, 1.54) is 24.8 Å². The van der Waals surface area contributed by atoms with Crippen molar-refractivity contribution in [1.29, 1.82) is 0 Å². The van der Waals surface area contributed by atoms with Crippen molar-refractivity contribution in [2.45, 2.75) is 25.8 Å². The summed E-state index contributed by atoms with van der Waals surface area (Å²) in [5.74, 6) is 0.752. The summed E-state index contributed by atoms with van der Waals surface area (Å²) in [6.45, 7) is 2.11. The van der Waals surface area contributed by atoms with Crippen LogP contribution in [-0.4, -0.2) is 6.54 Å². The molecule has 0 spiro atoms. The van der Waals surface area contributed by atoms with Crippen LogP contribution in [0.15, 0.2) is 42.5 Å². The van der Waals surface area contributed by atoms with Crippen LogP contribution in [-0.2, 0) is 6.54 Å². The second-order valence-electron chi connectivity index (χ2n) is 4.24. The van der Waals surface area contributed by atoms with Gasteiger partial charge in [0.05, 0.1) is 0 Å². The minimum Gasteiger partial charge on any atom is -0.312 e. The molecule has 0 saturated heterocycles. The minimum absolute atomic E-state index is 0.752. The third kappa shape index (κ3) is 3.52. The molecule has 1 aromatic carbocycles. The highest BCUT2D eigenvalue weighted by Crippen LogP contribution is 2.15. The average Bonchev–Trinajstić information content (AvgIpc) is 2.32. The third-order valence-electron chi connectivity index (χ3n) is 2.93. The number of hydrogen-bond donors (Lipinski definition) is 1. The minimum atomic E-state index is 0.752. The van der Waals surface area contributed by atoms with Crippen molar-refractivity contribution in [3.05, 3.63) is 48.0 Å². The fraction of sp³-hybridized carbons (Fsp3) is 0.429. The summed E-state index contributed by atoms with van der Waals surface area (Å²) in [5.41, 5.74) is 1.37. The summed E-state index contributed by atoms with van der Waals surface area (Å²) in [4.78, 5) is 0. The molecule has 0 fully saturated rings. The van der Waals surface area contributed by atoms with Gasteiger partial charge in [0.25, 0.3) is 0 Å². The zero-order chi connectivity index (χ0) is 10.3. The van der Waals surface area contributed by atoms with E-state index in [0.29, 0.717) is 0 Å². The van der Waals surface area contributed by atoms with E-state index in [2.05, 4.69) is 47.8 Å². The first-order valence-corrected chi connectivity index (χ1v) is 5.86. The van der Waals surface area contributed by atoms with E-state index in [4.69, 9.17) is 0 Å². The molecule has 0 bridgehead atoms. The molecule has 0 unspecified atom stereocenters. The SMILES string of the molecule is C1=C[C@H](CNCc2ccccc2)CCC1. The molecule has 0 aliphatic heterocycles. The molecule has 0 heterocycles. The van der Waals surface area contributed by atoms with Gasteiger partial charge in [0, 0.05) is 13.1 Å². The maximum absolute atomic E-state index is 3.52. The molecule has 15 heavy (non-hydrogen) atoms. The highest BCUT2D eigenvalue weighted by atomic mass is 14.9. The standard InChI is InChI=1S/C14H19N/c1-3-7-13(8-4-1)11-15-12-14-9-5-2-6-10-14/h1,3-5,7-9,14-15H,2,6,10-12H2/t14-/m0/s1. The topological polar surface area (TPSA) is 12.0 Å². The summed E-state index contributed by atoms with van der Waals surface area (Å²) < 4.78 is 0. The summed E-state index contributed by atoms with van der Waals surface area (Å²) in [5, 5.41) is 3.52. The Balaban J connectivity index is 1.70. The first-order chi connectivity index (χ1) is 7.45. The Bertz CT molecular complexity index is 302. The third-order valence-corrected chi connectivity index (χ3v) is 2.93. The number of hydrogen-bond acceptors (Lipinski definition) is 1. The predicted octanol–water partition coefficient (Wildman–Crippen LogP) is 3.13. The molecule has 1 aliphatic carbocycles. The molecule has 1 aromatic rings. The van der Waals surface area contributed by atoms with Crippen LogP contribution >= 0.6 is 0 Å². The fourth-order valence-electron chi connectivity index (χ4n) is 2.05. The van der Waals surface area contributed by atoms with Crippen LogP contribution in [0.3, 0.4) is 0 Å². The largest absolute Gasteiger partial charge is 0.312 e. The van der Waals surface area contributed by atoms with Crippen LogP contribution in [0.5, 0.6) is 0 Å². The second kappa shape index (κ2) is 5.72. The van der Waals surface area contributed by atoms with Gasteiger partial charge in [0.15, 0.2) is 0 Å². The normalized spacial score (nSPS) is 20.4. The molecule has 1 N–H and O–H groups in total. The number of rotatable bonds is 4. The van der Waals surface area contributed by atoms with Crippen molar-refractivity contribution < 1.29 is 0 Å². The van der Waals surface area contributed by atoms with E-state index in [9.17, 15) is 0 Å². The van der Waals surface area contributed by atoms with Gasteiger partial charge in [-0.25, -0.2) is 0 Å². The van der Waals surface area contributed by atoms with Crippen LogP contribution in [0, 0.1) is 5.92 Å². The van der Waals surface area contributed by atoms with Crippen molar-refractivity contribution in [3.8, 4) is 0 Å². The fourth-order valence-corrected chi connectivity index (χ4v) is 2.05. The average molecular weight is 201 g/mol. The van der Waals surface area contributed by atoms with Gasteiger partial charge < -0.3 is 5.32 Å². The van der Waals surface area contributed by atoms with Crippen LogP contribution in [0.4, 0.5) is 0 Å². The van der Waals surface area contributed by atoms with Crippen molar-refractivity contribution in [3.63, 3.8) is 0 Å². The molecule has 1 aliphatic rings. The van der Waals surface area contributed by atoms with E-state index in [-0.39, 0.29) is 0 Å². The van der Waals surface area contributed by atoms with Gasteiger partial charge >= 0.3 is 0 Å². The van der Waals surface area contributed by atoms with Crippen molar-refractivity contribution in [2.75, 3.05) is 6.54 Å². The lowest BCUT2D eigenvalue weighted by Gasteiger charge is -2.16. The van der Waals surface area contributed by atoms with Gasteiger partial charge in [-0.3, -0.25) is 0 Å². The van der Waals surface area contributed by atoms with E-state index in [1.54, 1.807) is 0 Å². The first kappa shape index (κ1) is 10.4. The Labute approximate surface area is 92.2 Å². The van der Waals surface area contributed by atoms with Crippen molar-refractivity contribution >= 4 is 0 Å². The Hall–Kier alpha value is -1.08. The smallest absolute Gasteiger partial charge is 0.0205 e. The molecular formula is C14H19N. The van der Waals surface area contributed by atoms with E-state index >= 15 is 0 Å². The Kier molecular flexibility index (Phi) is 3.98. The molecule has 2 rings (SSSR count). The molecule has 0 radical (unpaired) electrons. The lowest BCUT2D eigenvalue weighted by Crippen LogP contribution is -2.22. The van der Waals surface area contributed by atoms with Crippen molar-refractivity contribution in [2.24, 2.45) is 5.92 Å². The Morgan fingerprint density at radius 3 is 2.80 bits per heavy atom. The van der Waals surface area contributed by atoms with Gasteiger partial charge in [-0.15, -0.1) is 0 Å². The highest BCUT2D eigenvalue weighted by Gasteiger charge is 2.06. The van der Waals surface area contributed by atoms with E-state index < -0.39 is 0 Å². The quantitative estimate of drug-likeness (QED) is 0.738. The molecule has 80 valence electrons. The second-order valence-corrected chi connectivity index (χ2v) is 4.24. The summed E-state index contributed by atoms with van der Waals surface area (Å²) >= 11 is 0. The molecule has 1 nitrogen and oxygen atoms in total. The molecule has 0 aromatic heterocycles. The molecule has 0 saturated carbocycles. The van der Waals surface area contributed by atoms with Gasteiger partial charge in [-0.1, -0.05) is 42.5 Å². The zero-order valence-corrected chi connectivity index (χ0v) is 9.15. The predicted molar refractivity (Wildman–Crippen MR) is 64.6 cm³/mol. The van der Waals surface area contributed by atoms with Crippen LogP contribution in [0.1, 0.15) is 24.8 Å². The maximum atomic E-state index is 3.52. The maximum Gasteiger partial charge on any atom is 0.0205 e. The van der Waals surface area contributed by atoms with Crippen LogP contribution < -0.4 is 5.32 Å². The van der Waals surface area contributed by atoms with Gasteiger partial charge in [0.2, 0.25) is 0 Å². The van der Waals surface area contributed by atoms with Gasteiger partial charge in [-0.2, -0.15) is 0 Å². The highest BCUT2D eigenvalue weighted by molar-refractivity contribution is 5.14. The van der Waals surface area contributed by atoms with E-state index in [0.717, 1.165) is 19.0 Å². The lowest BCUT2D eigenvalue weighted by atomic mass is 9.96. The Morgan fingerprint density at radius 2 is 2.07 bits per heavy atom. The van der Waals surface area contributed by atoms with E-state index in [1.807, 2.05) is 0 Å². The molecular weight excluding hydrogens is 182 g/mol. The molecule has 1 atom stereocenters. The van der Waals surface area contributed by atoms with Gasteiger partial charge in [-0.05, 0) is 30.7 Å². The van der Waals surface area contributed by atoms with Crippen LogP contribution in [0.2, 0.25) is 0 Å². The summed E-state index contributed by atoms with van der Waals surface area (Å²) in [6, 6.07) is 10.6. The van der Waals surface area contributed by atoms with Crippen molar-refractivity contribution in [1.82, 2.24) is 5.32 Å². The number of benzene rings is 1. The monoisotopic (exact) mass is 201 g/mol. The Morgan fingerprint density at radius 1 is 1.20 bits per heavy atom. The zero-order valence-electron chi connectivity index (χ0n) is 9.15. The summed E-state index contributed by atoms with van der Waals surface area (Å²) in [7, 11) is 0.